The fourth-order valence-electron chi connectivity index (χ4n) is 4.70. The van der Waals surface area contributed by atoms with Crippen molar-refractivity contribution in [1.29, 1.82) is 0 Å². The van der Waals surface area contributed by atoms with Crippen molar-refractivity contribution in [2.75, 3.05) is 0 Å². The molecule has 0 aliphatic carbocycles. The lowest BCUT2D eigenvalue weighted by atomic mass is 9.78. The van der Waals surface area contributed by atoms with E-state index >= 15 is 0 Å². The molecule has 4 aromatic rings. The highest BCUT2D eigenvalue weighted by atomic mass is 79.9. The highest BCUT2D eigenvalue weighted by Gasteiger charge is 2.50. The minimum atomic E-state index is -0.407. The van der Waals surface area contributed by atoms with E-state index in [4.69, 9.17) is 4.74 Å². The van der Waals surface area contributed by atoms with Gasteiger partial charge in [0.1, 0.15) is 5.75 Å². The molecule has 0 fully saturated rings. The molecule has 0 saturated carbocycles. The number of benzene rings is 3. The fourth-order valence-corrected chi connectivity index (χ4v) is 7.93. The Labute approximate surface area is 207 Å². The molecule has 1 aromatic heterocycles. The number of fused-ring (bicyclic) bond motifs is 5. The maximum Gasteiger partial charge on any atom is 0.316 e. The largest absolute Gasteiger partial charge is 0.426 e. The number of hydrogen-bond donors (Lipinski definition) is 0. The average molecular weight is 536 g/mol. The molecule has 0 radical (unpaired) electrons. The third-order valence-corrected chi connectivity index (χ3v) is 9.35. The molecule has 3 aromatic carbocycles. The second kappa shape index (κ2) is 8.31. The van der Waals surface area contributed by atoms with Gasteiger partial charge in [-0.2, -0.15) is 0 Å². The Morgan fingerprint density at radius 2 is 1.67 bits per heavy atom. The van der Waals surface area contributed by atoms with E-state index in [1.54, 1.807) is 11.8 Å². The Morgan fingerprint density at radius 1 is 0.939 bits per heavy atom. The summed E-state index contributed by atoms with van der Waals surface area (Å²) in [5.41, 5.74) is 3.08. The summed E-state index contributed by atoms with van der Waals surface area (Å²) in [4.78, 5) is 27.5. The molecule has 4 nitrogen and oxygen atoms in total. The van der Waals surface area contributed by atoms with Crippen LogP contribution in [0.4, 0.5) is 0 Å². The van der Waals surface area contributed by atoms with Crippen molar-refractivity contribution in [1.82, 2.24) is 4.57 Å². The Balaban J connectivity index is 1.57. The van der Waals surface area contributed by atoms with Gasteiger partial charge >= 0.3 is 10.8 Å². The summed E-state index contributed by atoms with van der Waals surface area (Å²) in [6.07, 6.45) is 0. The van der Waals surface area contributed by atoms with Gasteiger partial charge in [0.15, 0.2) is 0 Å². The van der Waals surface area contributed by atoms with Crippen LogP contribution in [-0.2, 0) is 11.3 Å². The number of nitrogens with zero attached hydrogens (tertiary/aromatic N) is 1. The number of esters is 1. The van der Waals surface area contributed by atoms with Gasteiger partial charge in [-0.15, -0.1) is 0 Å². The second-order valence-corrected chi connectivity index (χ2v) is 11.2. The van der Waals surface area contributed by atoms with Crippen LogP contribution < -0.4 is 9.61 Å². The lowest BCUT2D eigenvalue weighted by Gasteiger charge is -2.40. The summed E-state index contributed by atoms with van der Waals surface area (Å²) in [6.45, 7) is 0.507. The average Bonchev–Trinajstić information content (AvgIpc) is 3.15. The summed E-state index contributed by atoms with van der Waals surface area (Å²) >= 11 is 6.44. The van der Waals surface area contributed by atoms with Crippen LogP contribution >= 0.6 is 39.0 Å². The number of thiazole rings is 1. The van der Waals surface area contributed by atoms with Crippen LogP contribution in [0.25, 0.3) is 0 Å². The number of thioether (sulfide) groups is 1. The van der Waals surface area contributed by atoms with Crippen LogP contribution in [0.15, 0.2) is 93.2 Å². The van der Waals surface area contributed by atoms with Gasteiger partial charge in [0, 0.05) is 20.8 Å². The lowest BCUT2D eigenvalue weighted by Crippen LogP contribution is -2.37. The zero-order valence-corrected chi connectivity index (χ0v) is 20.5. The Bertz CT molecular complexity index is 1410. The quantitative estimate of drug-likeness (QED) is 0.230. The number of carbonyl (C=O) groups excluding carboxylic acids is 1. The van der Waals surface area contributed by atoms with Crippen molar-refractivity contribution >= 4 is 45.0 Å². The van der Waals surface area contributed by atoms with E-state index < -0.39 is 5.92 Å². The van der Waals surface area contributed by atoms with Crippen molar-refractivity contribution in [2.24, 2.45) is 5.92 Å². The van der Waals surface area contributed by atoms with Gasteiger partial charge < -0.3 is 4.74 Å². The van der Waals surface area contributed by atoms with Crippen LogP contribution in [-0.4, -0.2) is 10.5 Å². The highest BCUT2D eigenvalue weighted by Crippen LogP contribution is 2.59. The van der Waals surface area contributed by atoms with E-state index in [2.05, 4.69) is 28.1 Å². The van der Waals surface area contributed by atoms with Crippen LogP contribution in [0.3, 0.4) is 0 Å². The summed E-state index contributed by atoms with van der Waals surface area (Å²) in [5.74, 6) is -0.299. The van der Waals surface area contributed by atoms with Crippen LogP contribution in [0.5, 0.6) is 5.75 Å². The molecule has 0 unspecified atom stereocenters. The number of halogens is 1. The van der Waals surface area contributed by atoms with E-state index in [-0.39, 0.29) is 22.0 Å². The number of rotatable bonds is 3. The second-order valence-electron chi connectivity index (χ2n) is 8.16. The van der Waals surface area contributed by atoms with Gasteiger partial charge in [-0.1, -0.05) is 99.7 Å². The van der Waals surface area contributed by atoms with Crippen molar-refractivity contribution in [2.45, 2.75) is 22.7 Å². The molecule has 164 valence electrons. The SMILES string of the molecule is O=C1Oc2ccc(Br)cc2[C@@H]2c3sc(=O)n(Cc4ccccc4)c3S[C@H](c3ccccc3)[C@H]12. The first-order chi connectivity index (χ1) is 16.1. The van der Waals surface area contributed by atoms with E-state index in [1.165, 1.54) is 11.3 Å². The maximum absolute atomic E-state index is 13.3. The zero-order chi connectivity index (χ0) is 22.5. The minimum Gasteiger partial charge on any atom is -0.426 e. The molecule has 2 aliphatic rings. The topological polar surface area (TPSA) is 48.3 Å². The number of carbonyl (C=O) groups is 1. The third-order valence-electron chi connectivity index (χ3n) is 6.18. The zero-order valence-electron chi connectivity index (χ0n) is 17.3. The van der Waals surface area contributed by atoms with E-state index in [0.29, 0.717) is 12.3 Å². The normalized spacial score (nSPS) is 21.0. The molecule has 3 atom stereocenters. The summed E-state index contributed by atoms with van der Waals surface area (Å²) in [5, 5.41) is 0.795. The molecule has 0 spiro atoms. The highest BCUT2D eigenvalue weighted by molar-refractivity contribution is 9.10. The van der Waals surface area contributed by atoms with Crippen LogP contribution in [0.2, 0.25) is 0 Å². The van der Waals surface area contributed by atoms with Crippen molar-refractivity contribution in [3.05, 3.63) is 115 Å². The Kier molecular flexibility index (Phi) is 5.28. The van der Waals surface area contributed by atoms with E-state index in [9.17, 15) is 9.59 Å². The van der Waals surface area contributed by atoms with Crippen LogP contribution in [0, 0.1) is 5.92 Å². The van der Waals surface area contributed by atoms with Gasteiger partial charge in [0.25, 0.3) is 0 Å². The first-order valence-corrected chi connectivity index (χ1v) is 13.1. The molecule has 2 aliphatic heterocycles. The number of aromatic nitrogens is 1. The lowest BCUT2D eigenvalue weighted by molar-refractivity contribution is -0.140. The van der Waals surface area contributed by atoms with Gasteiger partial charge in [0.2, 0.25) is 0 Å². The molecule has 0 bridgehead atoms. The fraction of sp³-hybridized carbons (Fsp3) is 0.154. The monoisotopic (exact) mass is 535 g/mol. The van der Waals surface area contributed by atoms with Gasteiger partial charge in [0.05, 0.1) is 22.7 Å². The predicted octanol–water partition coefficient (Wildman–Crippen LogP) is 6.23. The molecule has 33 heavy (non-hydrogen) atoms. The molecular formula is C26H18BrNO3S2. The van der Waals surface area contributed by atoms with Gasteiger partial charge in [-0.25, -0.2) is 0 Å². The predicted molar refractivity (Wildman–Crippen MR) is 134 cm³/mol. The van der Waals surface area contributed by atoms with Gasteiger partial charge in [-0.3, -0.25) is 14.2 Å². The molecule has 0 amide bonds. The van der Waals surface area contributed by atoms with Gasteiger partial charge in [-0.05, 0) is 29.3 Å². The van der Waals surface area contributed by atoms with E-state index in [0.717, 1.165) is 31.1 Å². The molecule has 6 rings (SSSR count). The molecule has 7 heteroatoms. The summed E-state index contributed by atoms with van der Waals surface area (Å²) in [7, 11) is 0. The third kappa shape index (κ3) is 3.59. The van der Waals surface area contributed by atoms with Crippen molar-refractivity contribution in [3.8, 4) is 5.75 Å². The molecule has 0 N–H and O–H groups in total. The smallest absolute Gasteiger partial charge is 0.316 e. The molecular weight excluding hydrogens is 518 g/mol. The first-order valence-electron chi connectivity index (χ1n) is 10.6. The standard InChI is InChI=1S/C26H18BrNO3S2/c27-17-11-12-19-18(13-17)20-21(25(29)31-19)22(16-9-5-2-6-10-16)32-24-23(20)33-26(30)28(24)14-15-7-3-1-4-8-15/h1-13,20-22H,14H2/t20-,21+,22+/m0/s1. The Morgan fingerprint density at radius 3 is 2.42 bits per heavy atom. The number of hydrogen-bond acceptors (Lipinski definition) is 5. The Hall–Kier alpha value is -2.61. The van der Waals surface area contributed by atoms with Crippen LogP contribution in [0.1, 0.15) is 32.7 Å². The first kappa shape index (κ1) is 21.0. The summed E-state index contributed by atoms with van der Waals surface area (Å²) in [6, 6.07) is 25.8. The summed E-state index contributed by atoms with van der Waals surface area (Å²) < 4.78 is 8.59. The minimum absolute atomic E-state index is 0.000646. The van der Waals surface area contributed by atoms with E-state index in [1.807, 2.05) is 71.3 Å². The van der Waals surface area contributed by atoms with Crippen molar-refractivity contribution in [3.63, 3.8) is 0 Å². The maximum atomic E-state index is 13.3. The molecule has 3 heterocycles. The van der Waals surface area contributed by atoms with Crippen molar-refractivity contribution < 1.29 is 9.53 Å². The molecule has 0 saturated heterocycles. The number of ether oxygens (including phenoxy) is 1.